The number of hydrogen-bond acceptors (Lipinski definition) is 2. The Kier molecular flexibility index (Phi) is 5.01. The van der Waals surface area contributed by atoms with Crippen LogP contribution in [0.15, 0.2) is 24.3 Å². The molecule has 3 heteroatoms. The fourth-order valence-corrected chi connectivity index (χ4v) is 3.51. The van der Waals surface area contributed by atoms with Crippen molar-refractivity contribution in [2.45, 2.75) is 18.6 Å². The lowest BCUT2D eigenvalue weighted by molar-refractivity contribution is 0.410. The van der Waals surface area contributed by atoms with Crippen LogP contribution in [0, 0.1) is 5.92 Å². The summed E-state index contributed by atoms with van der Waals surface area (Å²) in [6.07, 6.45) is 2.71. The van der Waals surface area contributed by atoms with E-state index in [9.17, 15) is 0 Å². The lowest BCUT2D eigenvalue weighted by Crippen LogP contribution is -2.30. The molecule has 1 saturated heterocycles. The van der Waals surface area contributed by atoms with Crippen LogP contribution in [0.25, 0.3) is 0 Å². The minimum Gasteiger partial charge on any atom is -0.316 e. The van der Waals surface area contributed by atoms with Crippen LogP contribution in [0.1, 0.15) is 18.4 Å². The van der Waals surface area contributed by atoms with Crippen LogP contribution in [0.2, 0.25) is 5.02 Å². The molecule has 0 bridgehead atoms. The third-order valence-electron chi connectivity index (χ3n) is 2.97. The largest absolute Gasteiger partial charge is 0.316 e. The van der Waals surface area contributed by atoms with Gasteiger partial charge in [0.05, 0.1) is 0 Å². The maximum atomic E-state index is 6.12. The van der Waals surface area contributed by atoms with Crippen LogP contribution in [0.3, 0.4) is 0 Å². The number of piperidine rings is 1. The highest BCUT2D eigenvalue weighted by Crippen LogP contribution is 2.23. The van der Waals surface area contributed by atoms with Crippen molar-refractivity contribution in [3.05, 3.63) is 34.9 Å². The summed E-state index contributed by atoms with van der Waals surface area (Å²) in [5.41, 5.74) is 1.26. The van der Waals surface area contributed by atoms with E-state index >= 15 is 0 Å². The second kappa shape index (κ2) is 6.53. The lowest BCUT2D eigenvalue weighted by atomic mass is 10.0. The number of thioether (sulfide) groups is 1. The van der Waals surface area contributed by atoms with Crippen LogP contribution < -0.4 is 5.32 Å². The predicted octanol–water partition coefficient (Wildman–Crippen LogP) is 3.57. The first kappa shape index (κ1) is 12.3. The minimum absolute atomic E-state index is 0.848. The van der Waals surface area contributed by atoms with Crippen molar-refractivity contribution in [2.24, 2.45) is 5.92 Å². The molecule has 2 rings (SSSR count). The van der Waals surface area contributed by atoms with Gasteiger partial charge in [0.15, 0.2) is 0 Å². The van der Waals surface area contributed by atoms with Gasteiger partial charge in [-0.05, 0) is 49.2 Å². The summed E-state index contributed by atoms with van der Waals surface area (Å²) in [5.74, 6) is 3.13. The third kappa shape index (κ3) is 3.69. The molecule has 0 spiro atoms. The van der Waals surface area contributed by atoms with E-state index in [0.29, 0.717) is 0 Å². The van der Waals surface area contributed by atoms with Crippen LogP contribution in [-0.2, 0) is 5.75 Å². The molecule has 0 radical (unpaired) electrons. The van der Waals surface area contributed by atoms with Gasteiger partial charge in [0, 0.05) is 10.8 Å². The highest BCUT2D eigenvalue weighted by Gasteiger charge is 2.12. The van der Waals surface area contributed by atoms with Gasteiger partial charge < -0.3 is 5.32 Å². The molecule has 1 atom stereocenters. The van der Waals surface area contributed by atoms with Crippen LogP contribution >= 0.6 is 23.4 Å². The Morgan fingerprint density at radius 1 is 1.38 bits per heavy atom. The lowest BCUT2D eigenvalue weighted by Gasteiger charge is -2.22. The highest BCUT2D eigenvalue weighted by atomic mass is 35.5. The molecule has 0 aromatic heterocycles. The molecule has 1 fully saturated rings. The quantitative estimate of drug-likeness (QED) is 0.883. The van der Waals surface area contributed by atoms with Gasteiger partial charge in [0.1, 0.15) is 0 Å². The van der Waals surface area contributed by atoms with Gasteiger partial charge in [0.25, 0.3) is 0 Å². The van der Waals surface area contributed by atoms with Crippen molar-refractivity contribution < 1.29 is 0 Å². The zero-order valence-corrected chi connectivity index (χ0v) is 11.0. The molecule has 1 aromatic rings. The SMILES string of the molecule is Clc1ccccc1CSCC1CCCNC1. The van der Waals surface area contributed by atoms with E-state index < -0.39 is 0 Å². The molecule has 0 saturated carbocycles. The molecular formula is C13H18ClNS. The van der Waals surface area contributed by atoms with Gasteiger partial charge in [-0.25, -0.2) is 0 Å². The average Bonchev–Trinajstić information content (AvgIpc) is 2.33. The van der Waals surface area contributed by atoms with Gasteiger partial charge in [-0.3, -0.25) is 0 Å². The van der Waals surface area contributed by atoms with Gasteiger partial charge >= 0.3 is 0 Å². The molecule has 1 aliphatic rings. The van der Waals surface area contributed by atoms with Crippen molar-refractivity contribution in [2.75, 3.05) is 18.8 Å². The maximum Gasteiger partial charge on any atom is 0.0446 e. The first-order chi connectivity index (χ1) is 7.86. The zero-order chi connectivity index (χ0) is 11.2. The van der Waals surface area contributed by atoms with Crippen LogP contribution in [-0.4, -0.2) is 18.8 Å². The summed E-state index contributed by atoms with van der Waals surface area (Å²) in [6, 6.07) is 8.14. The minimum atomic E-state index is 0.848. The Hall–Kier alpha value is -0.180. The van der Waals surface area contributed by atoms with E-state index in [2.05, 4.69) is 17.4 Å². The summed E-state index contributed by atoms with van der Waals surface area (Å²) < 4.78 is 0. The average molecular weight is 256 g/mol. The van der Waals surface area contributed by atoms with Crippen LogP contribution in [0.5, 0.6) is 0 Å². The smallest absolute Gasteiger partial charge is 0.0446 e. The van der Waals surface area contributed by atoms with Crippen molar-refractivity contribution in [1.29, 1.82) is 0 Å². The summed E-state index contributed by atoms with van der Waals surface area (Å²) in [6.45, 7) is 2.39. The van der Waals surface area contributed by atoms with E-state index in [4.69, 9.17) is 11.6 Å². The second-order valence-corrected chi connectivity index (χ2v) is 5.76. The predicted molar refractivity (Wildman–Crippen MR) is 73.2 cm³/mol. The summed E-state index contributed by atoms with van der Waals surface area (Å²) >= 11 is 8.12. The Balaban J connectivity index is 1.73. The number of benzene rings is 1. The van der Waals surface area contributed by atoms with Gasteiger partial charge in [0.2, 0.25) is 0 Å². The van der Waals surface area contributed by atoms with E-state index in [1.54, 1.807) is 0 Å². The molecule has 1 heterocycles. The molecule has 1 unspecified atom stereocenters. The van der Waals surface area contributed by atoms with Gasteiger partial charge in [-0.2, -0.15) is 11.8 Å². The van der Waals surface area contributed by atoms with E-state index in [0.717, 1.165) is 16.7 Å². The monoisotopic (exact) mass is 255 g/mol. The maximum absolute atomic E-state index is 6.12. The zero-order valence-electron chi connectivity index (χ0n) is 9.42. The first-order valence-corrected chi connectivity index (χ1v) is 7.41. The fraction of sp³-hybridized carbons (Fsp3) is 0.538. The Bertz CT molecular complexity index is 323. The summed E-state index contributed by atoms with van der Waals surface area (Å²) in [5, 5.41) is 4.36. The van der Waals surface area contributed by atoms with E-state index in [1.807, 2.05) is 23.9 Å². The van der Waals surface area contributed by atoms with Gasteiger partial charge in [-0.15, -0.1) is 0 Å². The van der Waals surface area contributed by atoms with E-state index in [1.165, 1.54) is 37.2 Å². The molecule has 0 aliphatic carbocycles. The standard InChI is InChI=1S/C13H18ClNS/c14-13-6-2-1-5-12(13)10-16-9-11-4-3-7-15-8-11/h1-2,5-6,11,15H,3-4,7-10H2. The molecule has 1 aromatic carbocycles. The molecule has 1 aliphatic heterocycles. The van der Waals surface area contributed by atoms with Crippen molar-refractivity contribution in [3.63, 3.8) is 0 Å². The molecule has 1 nitrogen and oxygen atoms in total. The molecule has 16 heavy (non-hydrogen) atoms. The Labute approximate surface area is 107 Å². The number of hydrogen-bond donors (Lipinski definition) is 1. The number of nitrogens with one attached hydrogen (secondary N) is 1. The number of halogens is 1. The summed E-state index contributed by atoms with van der Waals surface area (Å²) in [7, 11) is 0. The highest BCUT2D eigenvalue weighted by molar-refractivity contribution is 7.98. The fourth-order valence-electron chi connectivity index (χ4n) is 2.02. The Morgan fingerprint density at radius 2 is 2.25 bits per heavy atom. The molecule has 88 valence electrons. The van der Waals surface area contributed by atoms with Crippen molar-refractivity contribution >= 4 is 23.4 Å². The molecule has 0 amide bonds. The molecule has 1 N–H and O–H groups in total. The normalized spacial score (nSPS) is 20.9. The number of rotatable bonds is 4. The van der Waals surface area contributed by atoms with E-state index in [-0.39, 0.29) is 0 Å². The van der Waals surface area contributed by atoms with Crippen molar-refractivity contribution in [3.8, 4) is 0 Å². The molecular weight excluding hydrogens is 238 g/mol. The summed E-state index contributed by atoms with van der Waals surface area (Å²) in [4.78, 5) is 0. The topological polar surface area (TPSA) is 12.0 Å². The van der Waals surface area contributed by atoms with Crippen LogP contribution in [0.4, 0.5) is 0 Å². The van der Waals surface area contributed by atoms with Gasteiger partial charge in [-0.1, -0.05) is 29.8 Å². The Morgan fingerprint density at radius 3 is 3.00 bits per heavy atom. The third-order valence-corrected chi connectivity index (χ3v) is 4.56. The second-order valence-electron chi connectivity index (χ2n) is 4.32. The first-order valence-electron chi connectivity index (χ1n) is 5.88. The van der Waals surface area contributed by atoms with Crippen molar-refractivity contribution in [1.82, 2.24) is 5.32 Å².